The smallest absolute Gasteiger partial charge is 0.237 e. The summed E-state index contributed by atoms with van der Waals surface area (Å²) >= 11 is 0. The molecule has 7 aromatic carbocycles. The van der Waals surface area contributed by atoms with Crippen LogP contribution in [0, 0.1) is 0 Å². The third kappa shape index (κ3) is 2.95. The molecule has 0 atom stereocenters. The van der Waals surface area contributed by atoms with Crippen LogP contribution in [0.2, 0.25) is 0 Å². The summed E-state index contributed by atoms with van der Waals surface area (Å²) in [6.07, 6.45) is 0. The highest BCUT2D eigenvalue weighted by molar-refractivity contribution is 6.72. The largest absolute Gasteiger partial charge is 0.416 e. The summed E-state index contributed by atoms with van der Waals surface area (Å²) in [5, 5.41) is 13.4. The molecule has 0 fully saturated rings. The molecule has 11 aromatic rings. The summed E-state index contributed by atoms with van der Waals surface area (Å²) < 4.78 is 5.32. The molecule has 11 rings (SSSR count). The molecule has 0 unspecified atom stereocenters. The Kier molecular flexibility index (Phi) is 4.77. The Morgan fingerprint density at radius 3 is 1.07 bits per heavy atom. The van der Waals surface area contributed by atoms with Crippen LogP contribution in [0.1, 0.15) is 0 Å². The van der Waals surface area contributed by atoms with E-state index < -0.39 is 0 Å². The van der Waals surface area contributed by atoms with Gasteiger partial charge in [0.05, 0.1) is 32.3 Å². The molecule has 46 heavy (non-hydrogen) atoms. The maximum absolute atomic E-state index is 2.66. The van der Waals surface area contributed by atoms with Gasteiger partial charge in [0, 0.05) is 12.1 Å². The van der Waals surface area contributed by atoms with Crippen molar-refractivity contribution in [3.05, 3.63) is 158 Å². The van der Waals surface area contributed by atoms with Crippen LogP contribution in [-0.2, 0) is 0 Å². The summed E-state index contributed by atoms with van der Waals surface area (Å²) in [4.78, 5) is 0. The summed E-state index contributed by atoms with van der Waals surface area (Å²) in [5.41, 5.74) is 7.86. The van der Waals surface area contributed by atoms with Crippen LogP contribution < -0.4 is 8.62 Å². The van der Waals surface area contributed by atoms with Gasteiger partial charge in [-0.05, 0) is 22.9 Å². The minimum atomic E-state index is 0.0706. The molecule has 4 heteroatoms. The maximum Gasteiger partial charge on any atom is 0.237 e. The number of benzene rings is 7. The van der Waals surface area contributed by atoms with Crippen LogP contribution in [0.3, 0.4) is 0 Å². The van der Waals surface area contributed by atoms with Crippen molar-refractivity contribution in [1.82, 2.24) is 0 Å². The standard InChI is InChI=1S/C42H26B2N2/c1-3-15-27(16-4-1)43-33-23-11-7-19-29(33)37-40-32-22-10-14-26-36(32)46-42(40)38(39-31-21-9-13-25-35(31)45(43)41(37)39)30-20-8-12-24-34(30)44(46)28-17-5-2-6-18-28/h1-26H. The first kappa shape index (κ1) is 24.6. The Labute approximate surface area is 265 Å². The van der Waals surface area contributed by atoms with Crippen LogP contribution in [-0.4, -0.2) is 13.0 Å². The highest BCUT2D eigenvalue weighted by Gasteiger charge is 2.31. The second kappa shape index (κ2) is 8.93. The molecule has 0 radical (unpaired) electrons. The molecule has 0 aliphatic rings. The van der Waals surface area contributed by atoms with E-state index in [-0.39, 0.29) is 13.0 Å². The van der Waals surface area contributed by atoms with Crippen LogP contribution >= 0.6 is 0 Å². The Hall–Kier alpha value is -5.73. The minimum Gasteiger partial charge on any atom is -0.416 e. The molecule has 0 amide bonds. The van der Waals surface area contributed by atoms with Gasteiger partial charge in [0.25, 0.3) is 0 Å². The molecule has 4 aromatic heterocycles. The van der Waals surface area contributed by atoms with Crippen LogP contribution in [0.4, 0.5) is 0 Å². The molecule has 0 saturated heterocycles. The number of rotatable bonds is 2. The van der Waals surface area contributed by atoms with Crippen LogP contribution in [0.15, 0.2) is 158 Å². The average molecular weight is 580 g/mol. The molecule has 210 valence electrons. The summed E-state index contributed by atoms with van der Waals surface area (Å²) in [6.45, 7) is 0.141. The zero-order chi connectivity index (χ0) is 29.9. The first-order valence-corrected chi connectivity index (χ1v) is 16.2. The summed E-state index contributed by atoms with van der Waals surface area (Å²) in [7, 11) is 0. The normalized spacial score (nSPS) is 12.3. The van der Waals surface area contributed by atoms with E-state index in [0.717, 1.165) is 0 Å². The maximum atomic E-state index is 2.66. The minimum absolute atomic E-state index is 0.0706. The molecular weight excluding hydrogens is 554 g/mol. The van der Waals surface area contributed by atoms with Gasteiger partial charge < -0.3 is 8.62 Å². The molecule has 0 spiro atoms. The Balaban J connectivity index is 1.58. The molecule has 0 aliphatic carbocycles. The number of para-hydroxylation sites is 2. The number of nitrogens with zero attached hydrogens (tertiary/aromatic N) is 2. The highest BCUT2D eigenvalue weighted by Crippen LogP contribution is 2.45. The van der Waals surface area contributed by atoms with Crippen molar-refractivity contribution >= 4 is 88.7 Å². The Morgan fingerprint density at radius 2 is 0.630 bits per heavy atom. The van der Waals surface area contributed by atoms with E-state index in [1.165, 1.54) is 86.6 Å². The van der Waals surface area contributed by atoms with E-state index in [2.05, 4.69) is 166 Å². The lowest BCUT2D eigenvalue weighted by Crippen LogP contribution is -2.37. The van der Waals surface area contributed by atoms with E-state index in [1.807, 2.05) is 0 Å². The quantitative estimate of drug-likeness (QED) is 0.143. The van der Waals surface area contributed by atoms with E-state index >= 15 is 0 Å². The lowest BCUT2D eigenvalue weighted by Gasteiger charge is -2.19. The second-order valence-electron chi connectivity index (χ2n) is 12.8. The van der Waals surface area contributed by atoms with Gasteiger partial charge in [0.1, 0.15) is 0 Å². The monoisotopic (exact) mass is 580 g/mol. The second-order valence-corrected chi connectivity index (χ2v) is 12.8. The van der Waals surface area contributed by atoms with Crippen molar-refractivity contribution in [3.63, 3.8) is 0 Å². The van der Waals surface area contributed by atoms with Gasteiger partial charge in [-0.25, -0.2) is 0 Å². The van der Waals surface area contributed by atoms with Crippen LogP contribution in [0.25, 0.3) is 86.6 Å². The lowest BCUT2D eigenvalue weighted by molar-refractivity contribution is -0.416. The zero-order valence-electron chi connectivity index (χ0n) is 25.1. The first-order chi connectivity index (χ1) is 22.9. The molecular formula is C42H26B2N2. The third-order valence-corrected chi connectivity index (χ3v) is 10.6. The van der Waals surface area contributed by atoms with Crippen molar-refractivity contribution in [3.8, 4) is 10.9 Å². The van der Waals surface area contributed by atoms with Crippen molar-refractivity contribution < 1.29 is 8.62 Å². The van der Waals surface area contributed by atoms with E-state index in [9.17, 15) is 0 Å². The summed E-state index contributed by atoms with van der Waals surface area (Å²) in [5.74, 6) is 0. The van der Waals surface area contributed by atoms with Crippen molar-refractivity contribution in [2.24, 2.45) is 0 Å². The van der Waals surface area contributed by atoms with Crippen LogP contribution in [0.5, 0.6) is 0 Å². The van der Waals surface area contributed by atoms with Gasteiger partial charge >= 0.3 is 0 Å². The van der Waals surface area contributed by atoms with E-state index in [0.29, 0.717) is 0 Å². The fourth-order valence-corrected chi connectivity index (χ4v) is 8.95. The number of hydrogen-bond donors (Lipinski definition) is 0. The van der Waals surface area contributed by atoms with Gasteiger partial charge in [0.15, 0.2) is 22.1 Å². The number of fused-ring (bicyclic) bond motifs is 12. The molecule has 0 N–H and O–H groups in total. The molecule has 0 saturated carbocycles. The molecule has 2 nitrogen and oxygen atoms in total. The molecule has 4 heterocycles. The molecule has 0 bridgehead atoms. The predicted octanol–water partition coefficient (Wildman–Crippen LogP) is 8.99. The van der Waals surface area contributed by atoms with Crippen molar-refractivity contribution in [1.29, 1.82) is 0 Å². The van der Waals surface area contributed by atoms with Crippen molar-refractivity contribution in [2.75, 3.05) is 0 Å². The molecule has 0 aliphatic heterocycles. The van der Waals surface area contributed by atoms with Gasteiger partial charge in [-0.15, -0.1) is 10.6 Å². The van der Waals surface area contributed by atoms with Gasteiger partial charge in [-0.2, -0.15) is 10.9 Å². The Bertz CT molecular complexity index is 2800. The van der Waals surface area contributed by atoms with Gasteiger partial charge in [-0.3, -0.25) is 0 Å². The first-order valence-electron chi connectivity index (χ1n) is 16.2. The predicted molar refractivity (Wildman–Crippen MR) is 195 cm³/mol. The topological polar surface area (TPSA) is 8.20 Å². The SMILES string of the molecule is c1ccc(-[b-]2c3ccccc3c3c4c5ccccc5[n+]5[b-](-c6ccccc6)c6ccccc6c(c6c7ccccc7[n+]2c36)c45)cc1. The van der Waals surface area contributed by atoms with E-state index in [4.69, 9.17) is 0 Å². The van der Waals surface area contributed by atoms with Gasteiger partial charge in [0.2, 0.25) is 13.0 Å². The average Bonchev–Trinajstić information content (AvgIpc) is 3.65. The lowest BCUT2D eigenvalue weighted by atomic mass is 9.62. The van der Waals surface area contributed by atoms with E-state index in [1.54, 1.807) is 0 Å². The Morgan fingerprint density at radius 1 is 0.304 bits per heavy atom. The number of aromatic nitrogens is 2. The number of hydrogen-bond acceptors (Lipinski definition) is 0. The fourth-order valence-electron chi connectivity index (χ4n) is 8.95. The third-order valence-electron chi connectivity index (χ3n) is 10.6. The van der Waals surface area contributed by atoms with Crippen molar-refractivity contribution in [2.45, 2.75) is 0 Å². The highest BCUT2D eigenvalue weighted by atomic mass is 14.9. The van der Waals surface area contributed by atoms with Gasteiger partial charge in [-0.1, -0.05) is 133 Å². The summed E-state index contributed by atoms with van der Waals surface area (Å²) in [6, 6.07) is 58.6. The fraction of sp³-hybridized carbons (Fsp3) is 0. The zero-order valence-corrected chi connectivity index (χ0v) is 25.1.